The second-order valence-corrected chi connectivity index (χ2v) is 5.87. The number of hydrogen-bond donors (Lipinski definition) is 1. The van der Waals surface area contributed by atoms with Gasteiger partial charge < -0.3 is 15.0 Å². The van der Waals surface area contributed by atoms with E-state index in [9.17, 15) is 0 Å². The molecule has 0 radical (unpaired) electrons. The van der Waals surface area contributed by atoms with Crippen LogP contribution < -0.4 is 10.2 Å². The Balaban J connectivity index is 2.11. The summed E-state index contributed by atoms with van der Waals surface area (Å²) in [5, 5.41) is 3.73. The molecule has 1 atom stereocenters. The van der Waals surface area contributed by atoms with Crippen LogP contribution >= 0.6 is 0 Å². The van der Waals surface area contributed by atoms with Crippen molar-refractivity contribution in [3.05, 3.63) is 29.8 Å². The fourth-order valence-corrected chi connectivity index (χ4v) is 2.89. The molecule has 0 aromatic heterocycles. The van der Waals surface area contributed by atoms with Crippen LogP contribution in [-0.2, 0) is 4.74 Å². The first-order valence-electron chi connectivity index (χ1n) is 7.80. The summed E-state index contributed by atoms with van der Waals surface area (Å²) in [5.74, 6) is 0.695. The van der Waals surface area contributed by atoms with Crippen molar-refractivity contribution >= 4 is 5.69 Å². The number of ether oxygens (including phenoxy) is 1. The van der Waals surface area contributed by atoms with E-state index >= 15 is 0 Å². The van der Waals surface area contributed by atoms with E-state index in [2.05, 4.69) is 55.5 Å². The molecule has 1 aliphatic heterocycles. The maximum Gasteiger partial charge on any atom is 0.0469 e. The largest absolute Gasteiger partial charge is 0.381 e. The molecule has 0 spiro atoms. The van der Waals surface area contributed by atoms with Crippen LogP contribution in [0.4, 0.5) is 5.69 Å². The van der Waals surface area contributed by atoms with Gasteiger partial charge in [-0.3, -0.25) is 0 Å². The summed E-state index contributed by atoms with van der Waals surface area (Å²) >= 11 is 0. The van der Waals surface area contributed by atoms with Gasteiger partial charge in [-0.2, -0.15) is 0 Å². The molecule has 1 heterocycles. The first-order chi connectivity index (χ1) is 9.72. The van der Waals surface area contributed by atoms with Gasteiger partial charge in [-0.25, -0.2) is 0 Å². The average Bonchev–Trinajstić information content (AvgIpc) is 2.49. The number of nitrogens with zero attached hydrogens (tertiary/aromatic N) is 1. The Hall–Kier alpha value is -1.06. The topological polar surface area (TPSA) is 24.5 Å². The monoisotopic (exact) mass is 276 g/mol. The zero-order chi connectivity index (χ0) is 14.4. The molecule has 1 saturated heterocycles. The summed E-state index contributed by atoms with van der Waals surface area (Å²) < 4.78 is 5.51. The molecule has 3 heteroatoms. The van der Waals surface area contributed by atoms with E-state index in [1.165, 1.54) is 17.7 Å². The number of hydrogen-bond acceptors (Lipinski definition) is 3. The van der Waals surface area contributed by atoms with E-state index in [0.29, 0.717) is 12.0 Å². The average molecular weight is 276 g/mol. The molecule has 1 N–H and O–H groups in total. The molecule has 1 fully saturated rings. The van der Waals surface area contributed by atoms with Gasteiger partial charge in [0.1, 0.15) is 0 Å². The Morgan fingerprint density at radius 1 is 1.20 bits per heavy atom. The van der Waals surface area contributed by atoms with Gasteiger partial charge in [-0.15, -0.1) is 0 Å². The highest BCUT2D eigenvalue weighted by molar-refractivity contribution is 5.46. The summed E-state index contributed by atoms with van der Waals surface area (Å²) in [7, 11) is 4.17. The first-order valence-corrected chi connectivity index (χ1v) is 7.80. The number of rotatable bonds is 6. The number of anilines is 1. The Morgan fingerprint density at radius 3 is 2.40 bits per heavy atom. The van der Waals surface area contributed by atoms with Gasteiger partial charge in [-0.1, -0.05) is 19.1 Å². The molecule has 0 saturated carbocycles. The Morgan fingerprint density at radius 2 is 1.85 bits per heavy atom. The van der Waals surface area contributed by atoms with Crippen LogP contribution in [0.1, 0.15) is 37.8 Å². The fourth-order valence-electron chi connectivity index (χ4n) is 2.89. The molecule has 20 heavy (non-hydrogen) atoms. The third-order valence-electron chi connectivity index (χ3n) is 4.12. The van der Waals surface area contributed by atoms with Crippen LogP contribution in [0, 0.1) is 5.92 Å². The van der Waals surface area contributed by atoms with E-state index in [-0.39, 0.29) is 0 Å². The molecule has 2 rings (SSSR count). The smallest absolute Gasteiger partial charge is 0.0469 e. The van der Waals surface area contributed by atoms with E-state index in [1.54, 1.807) is 0 Å². The third-order valence-corrected chi connectivity index (χ3v) is 4.12. The molecule has 3 nitrogen and oxygen atoms in total. The van der Waals surface area contributed by atoms with Crippen LogP contribution in [0.5, 0.6) is 0 Å². The minimum atomic E-state index is 0.468. The lowest BCUT2D eigenvalue weighted by molar-refractivity contribution is 0.0536. The predicted octanol–water partition coefficient (Wildman–Crippen LogP) is 3.22. The minimum Gasteiger partial charge on any atom is -0.381 e. The molecule has 112 valence electrons. The highest BCUT2D eigenvalue weighted by Crippen LogP contribution is 2.31. The maximum atomic E-state index is 5.51. The van der Waals surface area contributed by atoms with Gasteiger partial charge in [0.2, 0.25) is 0 Å². The molecule has 1 unspecified atom stereocenters. The Labute approximate surface area is 123 Å². The third kappa shape index (κ3) is 3.97. The zero-order valence-electron chi connectivity index (χ0n) is 13.1. The van der Waals surface area contributed by atoms with Gasteiger partial charge in [0.15, 0.2) is 0 Å². The van der Waals surface area contributed by atoms with Gasteiger partial charge in [0.25, 0.3) is 0 Å². The van der Waals surface area contributed by atoms with E-state index in [1.807, 2.05) is 0 Å². The van der Waals surface area contributed by atoms with Crippen LogP contribution in [0.15, 0.2) is 24.3 Å². The standard InChI is InChI=1S/C17H28N2O/c1-4-11-18-17(15-9-12-20-13-10-15)14-5-7-16(8-6-14)19(2)3/h5-8,15,17-18H,4,9-13H2,1-3H3. The van der Waals surface area contributed by atoms with Crippen LogP contribution in [0.3, 0.4) is 0 Å². The van der Waals surface area contributed by atoms with Crippen molar-refractivity contribution < 1.29 is 4.74 Å². The second-order valence-electron chi connectivity index (χ2n) is 5.87. The summed E-state index contributed by atoms with van der Waals surface area (Å²) in [6, 6.07) is 9.45. The van der Waals surface area contributed by atoms with Gasteiger partial charge >= 0.3 is 0 Å². The minimum absolute atomic E-state index is 0.468. The summed E-state index contributed by atoms with van der Waals surface area (Å²) in [5.41, 5.74) is 2.67. The van der Waals surface area contributed by atoms with Crippen molar-refractivity contribution in [2.45, 2.75) is 32.2 Å². The van der Waals surface area contributed by atoms with E-state index in [4.69, 9.17) is 4.74 Å². The number of nitrogens with one attached hydrogen (secondary N) is 1. The fraction of sp³-hybridized carbons (Fsp3) is 0.647. The highest BCUT2D eigenvalue weighted by Gasteiger charge is 2.24. The van der Waals surface area contributed by atoms with Crippen molar-refractivity contribution in [1.29, 1.82) is 0 Å². The lowest BCUT2D eigenvalue weighted by atomic mass is 9.87. The summed E-state index contributed by atoms with van der Waals surface area (Å²) in [4.78, 5) is 2.15. The molecule has 1 aliphatic rings. The maximum absolute atomic E-state index is 5.51. The summed E-state index contributed by atoms with van der Waals surface area (Å²) in [6.45, 7) is 5.12. The van der Waals surface area contributed by atoms with Crippen LogP contribution in [0.25, 0.3) is 0 Å². The molecule has 0 aliphatic carbocycles. The lowest BCUT2D eigenvalue weighted by Crippen LogP contribution is -2.32. The van der Waals surface area contributed by atoms with E-state index in [0.717, 1.165) is 32.6 Å². The zero-order valence-corrected chi connectivity index (χ0v) is 13.1. The predicted molar refractivity (Wildman–Crippen MR) is 85.3 cm³/mol. The molecule has 1 aromatic rings. The first kappa shape index (κ1) is 15.3. The van der Waals surface area contributed by atoms with Crippen molar-refractivity contribution in [2.75, 3.05) is 38.8 Å². The second kappa shape index (κ2) is 7.65. The molecule has 0 amide bonds. The van der Waals surface area contributed by atoms with Crippen molar-refractivity contribution in [2.24, 2.45) is 5.92 Å². The summed E-state index contributed by atoms with van der Waals surface area (Å²) in [6.07, 6.45) is 3.50. The van der Waals surface area contributed by atoms with Crippen LogP contribution in [-0.4, -0.2) is 33.9 Å². The normalized spacial score (nSPS) is 17.9. The molecular weight excluding hydrogens is 248 g/mol. The molecule has 1 aromatic carbocycles. The van der Waals surface area contributed by atoms with Gasteiger partial charge in [-0.05, 0) is 49.4 Å². The Bertz CT molecular complexity index is 382. The van der Waals surface area contributed by atoms with Crippen molar-refractivity contribution in [3.63, 3.8) is 0 Å². The van der Waals surface area contributed by atoms with Crippen molar-refractivity contribution in [3.8, 4) is 0 Å². The van der Waals surface area contributed by atoms with Gasteiger partial charge in [0.05, 0.1) is 0 Å². The molecule has 0 bridgehead atoms. The van der Waals surface area contributed by atoms with Crippen molar-refractivity contribution in [1.82, 2.24) is 5.32 Å². The Kier molecular flexibility index (Phi) is 5.86. The SMILES string of the molecule is CCCNC(c1ccc(N(C)C)cc1)C1CCOCC1. The quantitative estimate of drug-likeness (QED) is 0.863. The highest BCUT2D eigenvalue weighted by atomic mass is 16.5. The van der Waals surface area contributed by atoms with Gasteiger partial charge in [0, 0.05) is 39.0 Å². The van der Waals surface area contributed by atoms with E-state index < -0.39 is 0 Å². The lowest BCUT2D eigenvalue weighted by Gasteiger charge is -2.31. The number of benzene rings is 1. The molecular formula is C17H28N2O. The van der Waals surface area contributed by atoms with Crippen LogP contribution in [0.2, 0.25) is 0 Å².